The van der Waals surface area contributed by atoms with Gasteiger partial charge in [-0.2, -0.15) is 5.10 Å². The smallest absolute Gasteiger partial charge is 0.159 e. The Hall–Kier alpha value is -2.94. The van der Waals surface area contributed by atoms with Gasteiger partial charge in [0.05, 0.1) is 11.7 Å². The third kappa shape index (κ3) is 2.94. The molecule has 0 aliphatic heterocycles. The Balaban J connectivity index is 1.65. The molecule has 1 heterocycles. The molecule has 3 unspecified atom stereocenters. The molecule has 1 saturated carbocycles. The summed E-state index contributed by atoms with van der Waals surface area (Å²) in [5.74, 6) is 1.39. The van der Waals surface area contributed by atoms with Crippen LogP contribution >= 0.6 is 0 Å². The number of rotatable bonds is 5. The predicted molar refractivity (Wildman–Crippen MR) is 134 cm³/mol. The molecule has 3 aromatic rings. The van der Waals surface area contributed by atoms with Crippen molar-refractivity contribution in [1.82, 2.24) is 10.2 Å². The zero-order valence-corrected chi connectivity index (χ0v) is 20.1. The highest BCUT2D eigenvalue weighted by molar-refractivity contribution is 5.95. The lowest BCUT2D eigenvalue weighted by Crippen LogP contribution is -2.30. The lowest BCUT2D eigenvalue weighted by Gasteiger charge is -2.34. The van der Waals surface area contributed by atoms with Crippen LogP contribution in [-0.4, -0.2) is 17.2 Å². The average molecular weight is 424 g/mol. The van der Waals surface area contributed by atoms with Crippen molar-refractivity contribution >= 4 is 16.6 Å². The van der Waals surface area contributed by atoms with Crippen LogP contribution in [0.25, 0.3) is 10.8 Å². The van der Waals surface area contributed by atoms with Crippen LogP contribution < -0.4 is 4.90 Å². The number of hydrogen-bond donors (Lipinski definition) is 0. The SMILES string of the molecule is CC1=CC2(C)CC2(c2nnc(N(C)C(c3ccccc3)C(C)C)c3ccccc23)C(C)=C1. The van der Waals surface area contributed by atoms with E-state index in [0.717, 1.165) is 17.9 Å². The van der Waals surface area contributed by atoms with Crippen molar-refractivity contribution in [3.05, 3.63) is 89.2 Å². The Bertz CT molecular complexity index is 1240. The number of nitrogens with zero attached hydrogens (tertiary/aromatic N) is 3. The maximum absolute atomic E-state index is 4.96. The molecule has 3 nitrogen and oxygen atoms in total. The topological polar surface area (TPSA) is 29.0 Å². The molecular formula is C29H33N3. The first-order chi connectivity index (χ1) is 15.3. The van der Waals surface area contributed by atoms with E-state index in [9.17, 15) is 0 Å². The van der Waals surface area contributed by atoms with Crippen LogP contribution in [0.1, 0.15) is 58.3 Å². The number of benzene rings is 2. The Kier molecular flexibility index (Phi) is 4.77. The molecule has 0 saturated heterocycles. The van der Waals surface area contributed by atoms with E-state index in [4.69, 9.17) is 10.2 Å². The van der Waals surface area contributed by atoms with Gasteiger partial charge in [-0.1, -0.05) is 98.7 Å². The Morgan fingerprint density at radius 2 is 1.56 bits per heavy atom. The third-order valence-corrected chi connectivity index (χ3v) is 7.74. The molecule has 32 heavy (non-hydrogen) atoms. The average Bonchev–Trinajstić information content (AvgIpc) is 3.40. The normalized spacial score (nSPS) is 25.2. The number of aromatic nitrogens is 2. The van der Waals surface area contributed by atoms with Crippen molar-refractivity contribution in [1.29, 1.82) is 0 Å². The molecule has 5 rings (SSSR count). The summed E-state index contributed by atoms with van der Waals surface area (Å²) < 4.78 is 0. The van der Waals surface area contributed by atoms with Crippen LogP contribution in [0.5, 0.6) is 0 Å². The molecule has 1 fully saturated rings. The van der Waals surface area contributed by atoms with Crippen LogP contribution in [0, 0.1) is 11.3 Å². The standard InChI is InChI=1S/C29H33N3/c1-19(2)25(22-12-8-7-9-13-22)32(6)27-24-15-11-10-14-23(24)26(30-31-27)29-18-28(29,5)17-20(3)16-21(29)4/h7-17,19,25H,18H2,1-6H3. The van der Waals surface area contributed by atoms with Crippen molar-refractivity contribution in [2.75, 3.05) is 11.9 Å². The molecule has 3 heteroatoms. The molecule has 2 aliphatic rings. The van der Waals surface area contributed by atoms with E-state index in [1.165, 1.54) is 27.5 Å². The van der Waals surface area contributed by atoms with Crippen LogP contribution in [0.3, 0.4) is 0 Å². The number of allylic oxidation sites excluding steroid dienone is 4. The van der Waals surface area contributed by atoms with Crippen LogP contribution in [-0.2, 0) is 5.41 Å². The van der Waals surface area contributed by atoms with Crippen molar-refractivity contribution < 1.29 is 0 Å². The molecular weight excluding hydrogens is 390 g/mol. The quantitative estimate of drug-likeness (QED) is 0.442. The molecule has 0 radical (unpaired) electrons. The minimum atomic E-state index is -0.0346. The van der Waals surface area contributed by atoms with Crippen LogP contribution in [0.4, 0.5) is 5.82 Å². The minimum Gasteiger partial charge on any atom is -0.350 e. The van der Waals surface area contributed by atoms with Gasteiger partial charge in [-0.05, 0) is 31.7 Å². The second-order valence-electron chi connectivity index (χ2n) is 10.3. The van der Waals surface area contributed by atoms with Gasteiger partial charge < -0.3 is 4.90 Å². The van der Waals surface area contributed by atoms with E-state index in [-0.39, 0.29) is 16.9 Å². The highest BCUT2D eigenvalue weighted by atomic mass is 15.3. The van der Waals surface area contributed by atoms with Gasteiger partial charge in [-0.15, -0.1) is 5.10 Å². The fourth-order valence-corrected chi connectivity index (χ4v) is 6.32. The van der Waals surface area contributed by atoms with Crippen molar-refractivity contribution in [3.8, 4) is 0 Å². The van der Waals surface area contributed by atoms with E-state index in [0.29, 0.717) is 5.92 Å². The Morgan fingerprint density at radius 1 is 0.906 bits per heavy atom. The molecule has 3 atom stereocenters. The van der Waals surface area contributed by atoms with Crippen LogP contribution in [0.2, 0.25) is 0 Å². The number of hydrogen-bond acceptors (Lipinski definition) is 3. The van der Waals surface area contributed by atoms with Gasteiger partial charge in [-0.25, -0.2) is 0 Å². The first-order valence-electron chi connectivity index (χ1n) is 11.7. The van der Waals surface area contributed by atoms with Crippen molar-refractivity contribution in [3.63, 3.8) is 0 Å². The zero-order chi connectivity index (χ0) is 22.7. The Labute approximate surface area is 191 Å². The summed E-state index contributed by atoms with van der Waals surface area (Å²) in [6, 6.07) is 19.7. The van der Waals surface area contributed by atoms with Gasteiger partial charge in [0.25, 0.3) is 0 Å². The highest BCUT2D eigenvalue weighted by Crippen LogP contribution is 2.71. The van der Waals surface area contributed by atoms with Crippen LogP contribution in [0.15, 0.2) is 77.9 Å². The van der Waals surface area contributed by atoms with Gasteiger partial charge in [0, 0.05) is 28.7 Å². The molecule has 2 aliphatic carbocycles. The van der Waals surface area contributed by atoms with Crippen molar-refractivity contribution in [2.24, 2.45) is 11.3 Å². The molecule has 164 valence electrons. The molecule has 0 amide bonds. The highest BCUT2D eigenvalue weighted by Gasteiger charge is 2.67. The minimum absolute atomic E-state index is 0.0346. The molecule has 0 bridgehead atoms. The zero-order valence-electron chi connectivity index (χ0n) is 20.1. The van der Waals surface area contributed by atoms with E-state index < -0.39 is 0 Å². The largest absolute Gasteiger partial charge is 0.350 e. The fraction of sp³-hybridized carbons (Fsp3) is 0.379. The third-order valence-electron chi connectivity index (χ3n) is 7.74. The maximum Gasteiger partial charge on any atom is 0.159 e. The lowest BCUT2D eigenvalue weighted by molar-refractivity contribution is 0.487. The van der Waals surface area contributed by atoms with E-state index >= 15 is 0 Å². The number of anilines is 1. The first-order valence-corrected chi connectivity index (χ1v) is 11.7. The van der Waals surface area contributed by atoms with Gasteiger partial charge in [0.15, 0.2) is 5.82 Å². The lowest BCUT2D eigenvalue weighted by atomic mass is 9.78. The molecule has 0 spiro atoms. The summed E-state index contributed by atoms with van der Waals surface area (Å²) in [7, 11) is 2.16. The second kappa shape index (κ2) is 7.30. The first kappa shape index (κ1) is 20.9. The molecule has 1 aromatic heterocycles. The summed E-state index contributed by atoms with van der Waals surface area (Å²) in [5.41, 5.74) is 5.30. The van der Waals surface area contributed by atoms with Gasteiger partial charge >= 0.3 is 0 Å². The Morgan fingerprint density at radius 3 is 2.22 bits per heavy atom. The van der Waals surface area contributed by atoms with Gasteiger partial charge in [-0.3, -0.25) is 0 Å². The summed E-state index contributed by atoms with van der Waals surface area (Å²) >= 11 is 0. The number of fused-ring (bicyclic) bond motifs is 2. The summed E-state index contributed by atoms with van der Waals surface area (Å²) in [6.45, 7) is 11.4. The van der Waals surface area contributed by atoms with Gasteiger partial charge in [0.1, 0.15) is 0 Å². The summed E-state index contributed by atoms with van der Waals surface area (Å²) in [5, 5.41) is 12.3. The second-order valence-corrected chi connectivity index (χ2v) is 10.3. The van der Waals surface area contributed by atoms with E-state index in [1.807, 2.05) is 0 Å². The summed E-state index contributed by atoms with van der Waals surface area (Å²) in [4.78, 5) is 2.32. The molecule has 0 N–H and O–H groups in total. The van der Waals surface area contributed by atoms with E-state index in [2.05, 4.69) is 113 Å². The predicted octanol–water partition coefficient (Wildman–Crippen LogP) is 7.02. The van der Waals surface area contributed by atoms with E-state index in [1.54, 1.807) is 0 Å². The fourth-order valence-electron chi connectivity index (χ4n) is 6.32. The monoisotopic (exact) mass is 423 g/mol. The van der Waals surface area contributed by atoms with Gasteiger partial charge in [0.2, 0.25) is 0 Å². The summed E-state index contributed by atoms with van der Waals surface area (Å²) in [6.07, 6.45) is 5.86. The molecule has 2 aromatic carbocycles. The van der Waals surface area contributed by atoms with Crippen molar-refractivity contribution in [2.45, 2.75) is 52.5 Å². The maximum atomic E-state index is 4.96.